The number of hydrogen-bond donors (Lipinski definition) is 1. The maximum Gasteiger partial charge on any atom is 0.224 e. The molecular weight excluding hydrogens is 265 g/mol. The van der Waals surface area contributed by atoms with E-state index in [0.29, 0.717) is 6.42 Å². The molecule has 1 atom stereocenters. The zero-order valence-electron chi connectivity index (χ0n) is 11.4. The summed E-state index contributed by atoms with van der Waals surface area (Å²) in [4.78, 5) is 11.7. The Kier molecular flexibility index (Phi) is 2.67. The maximum absolute atomic E-state index is 13.2. The van der Waals surface area contributed by atoms with Gasteiger partial charge in [-0.1, -0.05) is 36.4 Å². The number of nitrogens with one attached hydrogen (secondary N) is 1. The molecule has 0 spiro atoms. The van der Waals surface area contributed by atoms with Crippen molar-refractivity contribution in [1.82, 2.24) is 5.32 Å². The third-order valence-corrected chi connectivity index (χ3v) is 4.30. The largest absolute Gasteiger partial charge is 0.326 e. The SMILES string of the molecule is O=C1CCC2=C(N1)c1ccccc1C2c1ccc(F)cc1. The summed E-state index contributed by atoms with van der Waals surface area (Å²) in [5, 5.41) is 3.01. The number of fused-ring (bicyclic) bond motifs is 2. The molecular formula is C18H14FNO. The summed E-state index contributed by atoms with van der Waals surface area (Å²) in [7, 11) is 0. The first kappa shape index (κ1) is 12.3. The number of rotatable bonds is 1. The Balaban J connectivity index is 1.90. The van der Waals surface area contributed by atoms with E-state index in [-0.39, 0.29) is 17.6 Å². The molecule has 2 aliphatic rings. The van der Waals surface area contributed by atoms with Gasteiger partial charge in [-0.3, -0.25) is 4.79 Å². The van der Waals surface area contributed by atoms with Crippen LogP contribution in [0, 0.1) is 5.82 Å². The molecule has 1 aliphatic carbocycles. The second kappa shape index (κ2) is 4.55. The van der Waals surface area contributed by atoms with Gasteiger partial charge in [-0.2, -0.15) is 0 Å². The molecule has 3 heteroatoms. The first-order valence-electron chi connectivity index (χ1n) is 7.11. The number of amides is 1. The lowest BCUT2D eigenvalue weighted by molar-refractivity contribution is -0.120. The summed E-state index contributed by atoms with van der Waals surface area (Å²) in [6.07, 6.45) is 1.28. The molecule has 1 unspecified atom stereocenters. The van der Waals surface area contributed by atoms with Gasteiger partial charge in [-0.15, -0.1) is 0 Å². The fourth-order valence-corrected chi connectivity index (χ4v) is 3.38. The molecule has 2 nitrogen and oxygen atoms in total. The molecule has 2 aromatic carbocycles. The monoisotopic (exact) mass is 279 g/mol. The van der Waals surface area contributed by atoms with Crippen LogP contribution in [0.3, 0.4) is 0 Å². The lowest BCUT2D eigenvalue weighted by atomic mass is 9.86. The van der Waals surface area contributed by atoms with Crippen LogP contribution in [0.5, 0.6) is 0 Å². The van der Waals surface area contributed by atoms with Crippen molar-refractivity contribution >= 4 is 11.6 Å². The molecule has 0 bridgehead atoms. The van der Waals surface area contributed by atoms with E-state index in [1.54, 1.807) is 0 Å². The van der Waals surface area contributed by atoms with Crippen LogP contribution in [0.25, 0.3) is 5.70 Å². The minimum Gasteiger partial charge on any atom is -0.326 e. The lowest BCUT2D eigenvalue weighted by Gasteiger charge is -2.20. The quantitative estimate of drug-likeness (QED) is 0.849. The van der Waals surface area contributed by atoms with Crippen LogP contribution in [-0.2, 0) is 4.79 Å². The average molecular weight is 279 g/mol. The fourth-order valence-electron chi connectivity index (χ4n) is 3.38. The van der Waals surface area contributed by atoms with Crippen LogP contribution in [-0.4, -0.2) is 5.91 Å². The molecule has 1 heterocycles. The molecule has 0 aromatic heterocycles. The molecule has 21 heavy (non-hydrogen) atoms. The second-order valence-electron chi connectivity index (χ2n) is 5.52. The van der Waals surface area contributed by atoms with Gasteiger partial charge in [-0.25, -0.2) is 4.39 Å². The highest BCUT2D eigenvalue weighted by atomic mass is 19.1. The molecule has 104 valence electrons. The first-order valence-corrected chi connectivity index (χ1v) is 7.11. The van der Waals surface area contributed by atoms with E-state index in [0.717, 1.165) is 23.2 Å². The number of allylic oxidation sites excluding steroid dienone is 1. The molecule has 2 aromatic rings. The second-order valence-corrected chi connectivity index (χ2v) is 5.52. The summed E-state index contributed by atoms with van der Waals surface area (Å²) in [5.74, 6) is -0.0307. The van der Waals surface area contributed by atoms with E-state index in [1.807, 2.05) is 30.3 Å². The van der Waals surface area contributed by atoms with Crippen LogP contribution >= 0.6 is 0 Å². The molecule has 1 N–H and O–H groups in total. The molecule has 0 radical (unpaired) electrons. The van der Waals surface area contributed by atoms with E-state index in [2.05, 4.69) is 11.4 Å². The molecule has 0 saturated heterocycles. The molecule has 0 saturated carbocycles. The van der Waals surface area contributed by atoms with Crippen molar-refractivity contribution in [3.05, 3.63) is 76.6 Å². The third kappa shape index (κ3) is 1.88. The predicted molar refractivity (Wildman–Crippen MR) is 79.0 cm³/mol. The summed E-state index contributed by atoms with van der Waals surface area (Å²) < 4.78 is 13.2. The number of benzene rings is 2. The Morgan fingerprint density at radius 1 is 1.00 bits per heavy atom. The number of halogens is 1. The van der Waals surface area contributed by atoms with Crippen molar-refractivity contribution < 1.29 is 9.18 Å². The summed E-state index contributed by atoms with van der Waals surface area (Å²) in [6, 6.07) is 14.8. The average Bonchev–Trinajstić information content (AvgIpc) is 2.82. The van der Waals surface area contributed by atoms with Crippen LogP contribution in [0.15, 0.2) is 54.1 Å². The topological polar surface area (TPSA) is 29.1 Å². The van der Waals surface area contributed by atoms with Gasteiger partial charge in [0.1, 0.15) is 5.82 Å². The van der Waals surface area contributed by atoms with Crippen molar-refractivity contribution in [3.63, 3.8) is 0 Å². The van der Waals surface area contributed by atoms with E-state index in [9.17, 15) is 9.18 Å². The zero-order chi connectivity index (χ0) is 14.4. The van der Waals surface area contributed by atoms with Crippen LogP contribution in [0.4, 0.5) is 4.39 Å². The smallest absolute Gasteiger partial charge is 0.224 e. The van der Waals surface area contributed by atoms with Crippen LogP contribution in [0.2, 0.25) is 0 Å². The standard InChI is InChI=1S/C18H14FNO/c19-12-7-5-11(6-8-12)17-13-3-1-2-4-14(13)18-15(17)9-10-16(21)20-18/h1-8,17H,9-10H2,(H,20,21). The van der Waals surface area contributed by atoms with Gasteiger partial charge in [0.05, 0.1) is 0 Å². The highest BCUT2D eigenvalue weighted by Gasteiger charge is 2.35. The highest BCUT2D eigenvalue weighted by molar-refractivity contribution is 5.94. The number of carbonyl (C=O) groups is 1. The van der Waals surface area contributed by atoms with Gasteiger partial charge in [0, 0.05) is 23.6 Å². The Labute approximate surface area is 122 Å². The van der Waals surface area contributed by atoms with Crippen molar-refractivity contribution in [2.45, 2.75) is 18.8 Å². The number of carbonyl (C=O) groups excluding carboxylic acids is 1. The van der Waals surface area contributed by atoms with Gasteiger partial charge in [-0.05, 0) is 35.3 Å². The van der Waals surface area contributed by atoms with Crippen molar-refractivity contribution in [2.75, 3.05) is 0 Å². The fraction of sp³-hybridized carbons (Fsp3) is 0.167. The summed E-state index contributed by atoms with van der Waals surface area (Å²) >= 11 is 0. The molecule has 1 amide bonds. The Morgan fingerprint density at radius 2 is 1.76 bits per heavy atom. The first-order chi connectivity index (χ1) is 10.2. The van der Waals surface area contributed by atoms with E-state index in [1.165, 1.54) is 23.3 Å². The van der Waals surface area contributed by atoms with Gasteiger partial charge in [0.2, 0.25) is 5.91 Å². The Morgan fingerprint density at radius 3 is 2.57 bits per heavy atom. The third-order valence-electron chi connectivity index (χ3n) is 4.30. The molecule has 0 fully saturated rings. The lowest BCUT2D eigenvalue weighted by Crippen LogP contribution is -2.26. The van der Waals surface area contributed by atoms with Gasteiger partial charge in [0.25, 0.3) is 0 Å². The summed E-state index contributed by atoms with van der Waals surface area (Å²) in [5.41, 5.74) is 5.55. The Hall–Kier alpha value is -2.42. The van der Waals surface area contributed by atoms with E-state index < -0.39 is 0 Å². The van der Waals surface area contributed by atoms with Crippen molar-refractivity contribution in [1.29, 1.82) is 0 Å². The molecule has 1 aliphatic heterocycles. The highest BCUT2D eigenvalue weighted by Crippen LogP contribution is 2.47. The molecule has 4 rings (SSSR count). The van der Waals surface area contributed by atoms with Gasteiger partial charge >= 0.3 is 0 Å². The van der Waals surface area contributed by atoms with Gasteiger partial charge < -0.3 is 5.32 Å². The van der Waals surface area contributed by atoms with Gasteiger partial charge in [0.15, 0.2) is 0 Å². The Bertz CT molecular complexity index is 761. The van der Waals surface area contributed by atoms with E-state index >= 15 is 0 Å². The predicted octanol–water partition coefficient (Wildman–Crippen LogP) is 3.59. The minimum absolute atomic E-state index is 0.0725. The number of hydrogen-bond acceptors (Lipinski definition) is 1. The summed E-state index contributed by atoms with van der Waals surface area (Å²) in [6.45, 7) is 0. The zero-order valence-corrected chi connectivity index (χ0v) is 11.4. The normalized spacial score (nSPS) is 20.0. The van der Waals surface area contributed by atoms with Crippen LogP contribution < -0.4 is 5.32 Å². The minimum atomic E-state index is -0.226. The van der Waals surface area contributed by atoms with Crippen molar-refractivity contribution in [3.8, 4) is 0 Å². The van der Waals surface area contributed by atoms with Crippen molar-refractivity contribution in [2.24, 2.45) is 0 Å². The van der Waals surface area contributed by atoms with Crippen LogP contribution in [0.1, 0.15) is 35.4 Å². The van der Waals surface area contributed by atoms with E-state index in [4.69, 9.17) is 0 Å². The maximum atomic E-state index is 13.2.